The number of rotatable bonds is 11. The zero-order chi connectivity index (χ0) is 19.8. The van der Waals surface area contributed by atoms with Crippen LogP contribution in [0.25, 0.3) is 0 Å². The molecule has 0 aromatic heterocycles. The highest BCUT2D eigenvalue weighted by atomic mass is 32.2. The molecule has 0 aliphatic carbocycles. The summed E-state index contributed by atoms with van der Waals surface area (Å²) < 4.78 is 63.3. The number of hydrogen-bond donors (Lipinski definition) is 1. The minimum atomic E-state index is -4.20. The van der Waals surface area contributed by atoms with E-state index in [0.29, 0.717) is 12.0 Å². The van der Waals surface area contributed by atoms with E-state index in [2.05, 4.69) is 0 Å². The lowest BCUT2D eigenvalue weighted by Gasteiger charge is -2.23. The van der Waals surface area contributed by atoms with E-state index in [9.17, 15) is 21.6 Å². The van der Waals surface area contributed by atoms with Gasteiger partial charge in [0.25, 0.3) is 20.2 Å². The van der Waals surface area contributed by atoms with E-state index < -0.39 is 43.1 Å². The zero-order valence-electron chi connectivity index (χ0n) is 14.8. The summed E-state index contributed by atoms with van der Waals surface area (Å²) in [5.41, 5.74) is -0.143. The van der Waals surface area contributed by atoms with Crippen molar-refractivity contribution in [3.8, 4) is 0 Å². The second-order valence-electron chi connectivity index (χ2n) is 6.58. The Morgan fingerprint density at radius 1 is 1.08 bits per heavy atom. The van der Waals surface area contributed by atoms with Gasteiger partial charge in [0.15, 0.2) is 0 Å². The molecule has 8 nitrogen and oxygen atoms in total. The van der Waals surface area contributed by atoms with Gasteiger partial charge in [-0.15, -0.1) is 0 Å². The smallest absolute Gasteiger partial charge is 0.338 e. The molecular formula is C16H24O8S2. The van der Waals surface area contributed by atoms with E-state index in [-0.39, 0.29) is 19.6 Å². The fourth-order valence-electron chi connectivity index (χ4n) is 1.88. The average Bonchev–Trinajstić information content (AvgIpc) is 2.52. The van der Waals surface area contributed by atoms with Gasteiger partial charge in [-0.1, -0.05) is 32.0 Å². The summed E-state index contributed by atoms with van der Waals surface area (Å²) in [5.74, 6) is -1.61. The standard InChI is InChI=1S/C16H24O8S2/c1-16(2,9-10-23-15(17)14-7-4-3-5-8-14)13-24-26(21,22)12-6-11-25(18,19)20/h3-5,7-8H,6,9-13H2,1-2H3,(H,18,19,20). The maximum absolute atomic E-state index is 11.8. The highest BCUT2D eigenvalue weighted by Gasteiger charge is 2.23. The minimum Gasteiger partial charge on any atom is -0.462 e. The van der Waals surface area contributed by atoms with E-state index in [0.717, 1.165) is 0 Å². The Kier molecular flexibility index (Phi) is 8.19. The predicted molar refractivity (Wildman–Crippen MR) is 95.9 cm³/mol. The summed E-state index contributed by atoms with van der Waals surface area (Å²) in [6.07, 6.45) is 0.127. The van der Waals surface area contributed by atoms with Crippen LogP contribution in [0.3, 0.4) is 0 Å². The monoisotopic (exact) mass is 408 g/mol. The molecule has 1 N–H and O–H groups in total. The molecule has 1 rings (SSSR count). The lowest BCUT2D eigenvalue weighted by atomic mass is 9.91. The van der Waals surface area contributed by atoms with Crippen molar-refractivity contribution in [2.45, 2.75) is 26.7 Å². The van der Waals surface area contributed by atoms with Crippen molar-refractivity contribution in [1.29, 1.82) is 0 Å². The van der Waals surface area contributed by atoms with Crippen LogP contribution >= 0.6 is 0 Å². The molecule has 0 fully saturated rings. The van der Waals surface area contributed by atoms with Gasteiger partial charge in [-0.25, -0.2) is 4.79 Å². The van der Waals surface area contributed by atoms with Crippen LogP contribution in [0.15, 0.2) is 30.3 Å². The van der Waals surface area contributed by atoms with Gasteiger partial charge in [0, 0.05) is 0 Å². The van der Waals surface area contributed by atoms with Crippen molar-refractivity contribution in [3.63, 3.8) is 0 Å². The maximum Gasteiger partial charge on any atom is 0.338 e. The third-order valence-corrected chi connectivity index (χ3v) is 5.52. The molecule has 0 atom stereocenters. The molecule has 0 saturated heterocycles. The van der Waals surface area contributed by atoms with Crippen molar-refractivity contribution in [1.82, 2.24) is 0 Å². The SMILES string of the molecule is CC(C)(CCOC(=O)c1ccccc1)COS(=O)(=O)CCCS(=O)(=O)O. The summed E-state index contributed by atoms with van der Waals surface area (Å²) in [5, 5.41) is 0. The molecule has 1 aromatic rings. The molecular weight excluding hydrogens is 384 g/mol. The number of benzene rings is 1. The van der Waals surface area contributed by atoms with E-state index >= 15 is 0 Å². The first kappa shape index (κ1) is 22.6. The van der Waals surface area contributed by atoms with E-state index in [1.807, 2.05) is 0 Å². The van der Waals surface area contributed by atoms with Crippen molar-refractivity contribution >= 4 is 26.2 Å². The van der Waals surface area contributed by atoms with Crippen molar-refractivity contribution in [2.24, 2.45) is 5.41 Å². The number of ether oxygens (including phenoxy) is 1. The first-order chi connectivity index (χ1) is 11.9. The van der Waals surface area contributed by atoms with Crippen molar-refractivity contribution < 1.29 is 35.1 Å². The number of carbonyl (C=O) groups is 1. The number of esters is 1. The Balaban J connectivity index is 2.37. The second kappa shape index (κ2) is 9.45. The van der Waals surface area contributed by atoms with Gasteiger partial charge in [-0.3, -0.25) is 8.74 Å². The number of carbonyl (C=O) groups excluding carboxylic acids is 1. The summed E-state index contributed by atoms with van der Waals surface area (Å²) in [6, 6.07) is 8.50. The van der Waals surface area contributed by atoms with Gasteiger partial charge in [-0.05, 0) is 30.4 Å². The molecule has 148 valence electrons. The molecule has 1 aromatic carbocycles. The highest BCUT2D eigenvalue weighted by Crippen LogP contribution is 2.22. The molecule has 0 bridgehead atoms. The van der Waals surface area contributed by atoms with Crippen LogP contribution in [0.4, 0.5) is 0 Å². The normalized spacial score (nSPS) is 12.7. The van der Waals surface area contributed by atoms with Crippen LogP contribution in [0, 0.1) is 5.41 Å². The fourth-order valence-corrected chi connectivity index (χ4v) is 3.68. The Hall–Kier alpha value is -1.49. The molecule has 10 heteroatoms. The van der Waals surface area contributed by atoms with Gasteiger partial charge < -0.3 is 4.74 Å². The maximum atomic E-state index is 11.8. The van der Waals surface area contributed by atoms with Crippen LogP contribution in [-0.2, 0) is 29.2 Å². The third-order valence-electron chi connectivity index (χ3n) is 3.45. The highest BCUT2D eigenvalue weighted by molar-refractivity contribution is 7.87. The Bertz CT molecular complexity index is 783. The Labute approximate surface area is 154 Å². The lowest BCUT2D eigenvalue weighted by molar-refractivity contribution is 0.0428. The van der Waals surface area contributed by atoms with Gasteiger partial charge in [0.05, 0.1) is 30.3 Å². The van der Waals surface area contributed by atoms with Crippen LogP contribution in [0.5, 0.6) is 0 Å². The van der Waals surface area contributed by atoms with Gasteiger partial charge in [0.2, 0.25) is 0 Å². The topological polar surface area (TPSA) is 124 Å². The van der Waals surface area contributed by atoms with Gasteiger partial charge in [0.1, 0.15) is 0 Å². The zero-order valence-corrected chi connectivity index (χ0v) is 16.4. The average molecular weight is 408 g/mol. The first-order valence-electron chi connectivity index (χ1n) is 7.95. The minimum absolute atomic E-state index is 0.104. The molecule has 0 radical (unpaired) electrons. The largest absolute Gasteiger partial charge is 0.462 e. The van der Waals surface area contributed by atoms with Crippen LogP contribution < -0.4 is 0 Å². The van der Waals surface area contributed by atoms with Crippen LogP contribution in [0.1, 0.15) is 37.0 Å². The summed E-state index contributed by atoms with van der Waals surface area (Å²) in [6.45, 7) is 3.49. The summed E-state index contributed by atoms with van der Waals surface area (Å²) in [4.78, 5) is 11.8. The lowest BCUT2D eigenvalue weighted by Crippen LogP contribution is -2.25. The van der Waals surface area contributed by atoms with Gasteiger partial charge in [-0.2, -0.15) is 16.8 Å². The van der Waals surface area contributed by atoms with Crippen molar-refractivity contribution in [2.75, 3.05) is 24.7 Å². The third kappa shape index (κ3) is 9.85. The molecule has 26 heavy (non-hydrogen) atoms. The first-order valence-corrected chi connectivity index (χ1v) is 11.1. The van der Waals surface area contributed by atoms with Crippen LogP contribution in [0.2, 0.25) is 0 Å². The summed E-state index contributed by atoms with van der Waals surface area (Å²) in [7, 11) is -8.11. The van der Waals surface area contributed by atoms with E-state index in [1.165, 1.54) is 0 Å². The quantitative estimate of drug-likeness (QED) is 0.334. The molecule has 0 saturated carbocycles. The predicted octanol–water partition coefficient (Wildman–Crippen LogP) is 1.88. The Morgan fingerprint density at radius 2 is 1.69 bits per heavy atom. The fraction of sp³-hybridized carbons (Fsp3) is 0.562. The molecule has 0 amide bonds. The second-order valence-corrected chi connectivity index (χ2v) is 9.91. The molecule has 0 heterocycles. The molecule has 0 aliphatic heterocycles. The van der Waals surface area contributed by atoms with Crippen molar-refractivity contribution in [3.05, 3.63) is 35.9 Å². The molecule has 0 aliphatic rings. The van der Waals surface area contributed by atoms with Crippen LogP contribution in [-0.4, -0.2) is 52.1 Å². The number of hydrogen-bond acceptors (Lipinski definition) is 7. The van der Waals surface area contributed by atoms with Gasteiger partial charge >= 0.3 is 5.97 Å². The molecule has 0 unspecified atom stereocenters. The van der Waals surface area contributed by atoms with E-state index in [1.54, 1.807) is 44.2 Å². The van der Waals surface area contributed by atoms with E-state index in [4.69, 9.17) is 13.5 Å². The summed E-state index contributed by atoms with van der Waals surface area (Å²) >= 11 is 0. The molecule has 0 spiro atoms. The Morgan fingerprint density at radius 3 is 2.27 bits per heavy atom.